The zero-order valence-corrected chi connectivity index (χ0v) is 26.7. The third kappa shape index (κ3) is 5.29. The molecule has 1 amide bonds. The first-order chi connectivity index (χ1) is 22.1. The van der Waals surface area contributed by atoms with Gasteiger partial charge >= 0.3 is 0 Å². The number of amides is 1. The first kappa shape index (κ1) is 29.9. The topological polar surface area (TPSA) is 124 Å². The molecule has 240 valence electrons. The summed E-state index contributed by atoms with van der Waals surface area (Å²) in [6.07, 6.45) is 5.16. The van der Waals surface area contributed by atoms with E-state index in [2.05, 4.69) is 11.4 Å². The second kappa shape index (κ2) is 11.1. The molecule has 1 aliphatic heterocycles. The summed E-state index contributed by atoms with van der Waals surface area (Å²) < 4.78 is 28.3. The van der Waals surface area contributed by atoms with Gasteiger partial charge in [0, 0.05) is 46.8 Å². The van der Waals surface area contributed by atoms with Crippen molar-refractivity contribution in [2.24, 2.45) is 11.7 Å². The normalized spacial score (nSPS) is 22.0. The molecule has 3 aromatic heterocycles. The largest absolute Gasteiger partial charge is 0.490 e. The molecule has 9 nitrogen and oxygen atoms in total. The van der Waals surface area contributed by atoms with Gasteiger partial charge in [-0.1, -0.05) is 23.2 Å². The third-order valence-corrected chi connectivity index (χ3v) is 10.6. The molecule has 3 saturated carbocycles. The molecule has 4 heterocycles. The lowest BCUT2D eigenvalue weighted by Crippen LogP contribution is -2.44. The second-order valence-electron chi connectivity index (χ2n) is 13.4. The maximum absolute atomic E-state index is 14.3. The minimum atomic E-state index is -1.21. The summed E-state index contributed by atoms with van der Waals surface area (Å²) >= 11 is 12.7. The summed E-state index contributed by atoms with van der Waals surface area (Å²) in [6.45, 7) is 2.28. The Morgan fingerprint density at radius 1 is 1.17 bits per heavy atom. The van der Waals surface area contributed by atoms with Gasteiger partial charge in [0.25, 0.3) is 5.91 Å². The van der Waals surface area contributed by atoms with Crippen molar-refractivity contribution in [3.8, 4) is 22.9 Å². The van der Waals surface area contributed by atoms with Crippen molar-refractivity contribution in [2.45, 2.75) is 75.0 Å². The van der Waals surface area contributed by atoms with Gasteiger partial charge in [0.15, 0.2) is 0 Å². The number of fused-ring (bicyclic) bond motifs is 2. The molecule has 0 spiro atoms. The maximum Gasteiger partial charge on any atom is 0.251 e. The predicted octanol–water partition coefficient (Wildman–Crippen LogP) is 6.11. The van der Waals surface area contributed by atoms with E-state index in [4.69, 9.17) is 48.5 Å². The lowest BCUT2D eigenvalue weighted by atomic mass is 9.81. The fourth-order valence-electron chi connectivity index (χ4n) is 6.30. The van der Waals surface area contributed by atoms with Gasteiger partial charge in [0.05, 0.1) is 26.7 Å². The molecule has 12 heteroatoms. The molecule has 3 atom stereocenters. The predicted molar refractivity (Wildman–Crippen MR) is 171 cm³/mol. The lowest BCUT2D eigenvalue weighted by molar-refractivity contribution is 0.0798. The average Bonchev–Trinajstić information content (AvgIpc) is 3.93. The molecule has 46 heavy (non-hydrogen) atoms. The van der Waals surface area contributed by atoms with Crippen molar-refractivity contribution in [3.05, 3.63) is 74.8 Å². The van der Waals surface area contributed by atoms with Crippen LogP contribution in [0.2, 0.25) is 10.0 Å². The number of hydrogen-bond donors (Lipinski definition) is 3. The molecule has 0 bridgehead atoms. The number of nitrogens with one attached hydrogen (secondary N) is 1. The summed E-state index contributed by atoms with van der Waals surface area (Å²) in [5, 5.41) is 18.3. The van der Waals surface area contributed by atoms with Gasteiger partial charge in [-0.2, -0.15) is 5.10 Å². The van der Waals surface area contributed by atoms with Crippen LogP contribution >= 0.6 is 23.2 Å². The number of nitrogens with two attached hydrogens (primary N) is 1. The second-order valence-corrected chi connectivity index (χ2v) is 14.1. The Morgan fingerprint density at radius 3 is 2.65 bits per heavy atom. The molecule has 3 aliphatic carbocycles. The molecule has 8 rings (SSSR count). The quantitative estimate of drug-likeness (QED) is 0.138. The van der Waals surface area contributed by atoms with Gasteiger partial charge in [-0.15, -0.1) is 0 Å². The summed E-state index contributed by atoms with van der Waals surface area (Å²) in [7, 11) is 0. The van der Waals surface area contributed by atoms with E-state index in [0.717, 1.165) is 49.7 Å². The van der Waals surface area contributed by atoms with Crippen LogP contribution < -0.4 is 20.5 Å². The molecule has 4 aromatic rings. The molecular formula is C34H34Cl2FN5O4. The number of carbonyl (C=O) groups excluding carboxylic acids is 1. The van der Waals surface area contributed by atoms with E-state index in [1.165, 1.54) is 12.1 Å². The van der Waals surface area contributed by atoms with Crippen LogP contribution in [-0.4, -0.2) is 51.1 Å². The van der Waals surface area contributed by atoms with Crippen LogP contribution in [0.1, 0.15) is 84.6 Å². The Bertz CT molecular complexity index is 1890. The number of hydrogen-bond acceptors (Lipinski definition) is 7. The van der Waals surface area contributed by atoms with Crippen LogP contribution in [0, 0.1) is 11.7 Å². The number of aliphatic hydroxyl groups is 1. The van der Waals surface area contributed by atoms with E-state index < -0.39 is 17.5 Å². The highest BCUT2D eigenvalue weighted by atomic mass is 35.5. The highest BCUT2D eigenvalue weighted by Gasteiger charge is 2.45. The monoisotopic (exact) mass is 665 g/mol. The summed E-state index contributed by atoms with van der Waals surface area (Å²) in [6, 6.07) is 10.3. The molecule has 1 aromatic carbocycles. The fraction of sp³-hybridized carbons (Fsp3) is 0.441. The molecule has 4 N–H and O–H groups in total. The van der Waals surface area contributed by atoms with Gasteiger partial charge in [-0.05, 0) is 81.7 Å². The summed E-state index contributed by atoms with van der Waals surface area (Å²) in [4.78, 5) is 18.7. The molecule has 4 aliphatic rings. The van der Waals surface area contributed by atoms with Gasteiger partial charge in [-0.3, -0.25) is 4.79 Å². The van der Waals surface area contributed by atoms with Crippen molar-refractivity contribution in [1.29, 1.82) is 0 Å². The molecular weight excluding hydrogens is 632 g/mol. The van der Waals surface area contributed by atoms with Crippen LogP contribution in [0.3, 0.4) is 0 Å². The summed E-state index contributed by atoms with van der Waals surface area (Å²) in [5.41, 5.74) is 9.68. The lowest BCUT2D eigenvalue weighted by Gasteiger charge is -2.27. The van der Waals surface area contributed by atoms with Crippen LogP contribution in [0.4, 0.5) is 4.39 Å². The van der Waals surface area contributed by atoms with Crippen molar-refractivity contribution in [2.75, 3.05) is 13.2 Å². The zero-order valence-electron chi connectivity index (χ0n) is 25.2. The van der Waals surface area contributed by atoms with Gasteiger partial charge in [0.1, 0.15) is 36.2 Å². The molecule has 0 saturated heterocycles. The summed E-state index contributed by atoms with van der Waals surface area (Å²) in [5.74, 6) is 0.747. The minimum Gasteiger partial charge on any atom is -0.490 e. The van der Waals surface area contributed by atoms with Crippen LogP contribution in [0.5, 0.6) is 11.6 Å². The Morgan fingerprint density at radius 2 is 1.96 bits per heavy atom. The number of ether oxygens (including phenoxy) is 2. The van der Waals surface area contributed by atoms with E-state index in [1.54, 1.807) is 6.07 Å². The SMILES string of the molecule is C[C@]1(C(N)O)COc2c1cc([C@@H](CNC(=O)c1cc(OC3CC3)n3nc(C4CC4)cc3c1)C1CC1)nc2-c1ccc(F)c(Cl)c1Cl. The number of pyridine rings is 2. The van der Waals surface area contributed by atoms with E-state index in [1.807, 2.05) is 23.6 Å². The molecule has 1 unspecified atom stereocenters. The van der Waals surface area contributed by atoms with E-state index >= 15 is 0 Å². The number of aromatic nitrogens is 3. The first-order valence-electron chi connectivity index (χ1n) is 15.8. The Balaban J connectivity index is 1.13. The molecule has 0 radical (unpaired) electrons. The Labute approximate surface area is 275 Å². The van der Waals surface area contributed by atoms with Crippen LogP contribution in [0.15, 0.2) is 36.4 Å². The number of nitrogens with zero attached hydrogens (tertiary/aromatic N) is 3. The Hall–Kier alpha value is -3.44. The number of carbonyl (C=O) groups is 1. The van der Waals surface area contributed by atoms with E-state index in [0.29, 0.717) is 52.2 Å². The number of halogens is 3. The fourth-order valence-corrected chi connectivity index (χ4v) is 6.71. The van der Waals surface area contributed by atoms with Crippen LogP contribution in [-0.2, 0) is 5.41 Å². The standard InChI is InChI=1S/C34H34Cl2FN5O4/c1-34(33(38)44)15-45-31-23(34)13-26(40-30(31)21-8-9-24(37)29(36)28(21)35)22(16-2-3-16)14-39-32(43)18-10-19-12-25(17-4-5-17)41-42(19)27(11-18)46-20-6-7-20/h8-13,16-17,20,22,33,44H,2-7,14-15,38H2,1H3,(H,39,43)/t22-,33?,34-/m0/s1. The van der Waals surface area contributed by atoms with E-state index in [9.17, 15) is 14.3 Å². The first-order valence-corrected chi connectivity index (χ1v) is 16.6. The third-order valence-electron chi connectivity index (χ3n) is 9.74. The Kier molecular flexibility index (Phi) is 7.21. The van der Waals surface area contributed by atoms with Crippen LogP contribution in [0.25, 0.3) is 16.8 Å². The smallest absolute Gasteiger partial charge is 0.251 e. The number of rotatable bonds is 10. The van der Waals surface area contributed by atoms with Gasteiger partial charge in [0.2, 0.25) is 5.88 Å². The zero-order chi connectivity index (χ0) is 31.9. The van der Waals surface area contributed by atoms with Crippen molar-refractivity contribution < 1.29 is 23.8 Å². The highest BCUT2D eigenvalue weighted by Crippen LogP contribution is 2.50. The van der Waals surface area contributed by atoms with Crippen molar-refractivity contribution in [1.82, 2.24) is 19.9 Å². The van der Waals surface area contributed by atoms with E-state index in [-0.39, 0.29) is 40.5 Å². The van der Waals surface area contributed by atoms with Gasteiger partial charge in [-0.25, -0.2) is 13.9 Å². The minimum absolute atomic E-state index is 0.0135. The number of benzene rings is 1. The van der Waals surface area contributed by atoms with Crippen molar-refractivity contribution >= 4 is 34.6 Å². The van der Waals surface area contributed by atoms with Gasteiger partial charge < -0.3 is 25.6 Å². The maximum atomic E-state index is 14.3. The molecule has 3 fully saturated rings. The highest BCUT2D eigenvalue weighted by molar-refractivity contribution is 6.43. The number of aliphatic hydroxyl groups excluding tert-OH is 1. The van der Waals surface area contributed by atoms with Crippen molar-refractivity contribution in [3.63, 3.8) is 0 Å². The average molecular weight is 667 g/mol.